The first-order valence-electron chi connectivity index (χ1n) is 9.39. The topological polar surface area (TPSA) is 85.8 Å². The van der Waals surface area contributed by atoms with Crippen LogP contribution in [0.2, 0.25) is 0 Å². The van der Waals surface area contributed by atoms with E-state index >= 15 is 0 Å². The van der Waals surface area contributed by atoms with E-state index in [-0.39, 0.29) is 11.9 Å². The number of hydrogen-bond acceptors (Lipinski definition) is 6. The van der Waals surface area contributed by atoms with Crippen LogP contribution in [0.25, 0.3) is 0 Å². The second-order valence-corrected chi connectivity index (χ2v) is 8.10. The van der Waals surface area contributed by atoms with Crippen molar-refractivity contribution in [2.75, 3.05) is 5.32 Å². The molecule has 8 heteroatoms. The first-order valence-corrected chi connectivity index (χ1v) is 10.4. The molecule has 0 unspecified atom stereocenters. The number of rotatable bonds is 7. The molecule has 1 fully saturated rings. The van der Waals surface area contributed by atoms with E-state index in [1.54, 1.807) is 24.5 Å². The Morgan fingerprint density at radius 2 is 2.18 bits per heavy atom. The molecule has 0 saturated heterocycles. The van der Waals surface area contributed by atoms with Crippen LogP contribution in [0.3, 0.4) is 0 Å². The van der Waals surface area contributed by atoms with Gasteiger partial charge < -0.3 is 9.84 Å². The molecule has 28 heavy (non-hydrogen) atoms. The minimum atomic E-state index is -0.181. The Morgan fingerprint density at radius 3 is 2.89 bits per heavy atom. The molecule has 1 aliphatic carbocycles. The third-order valence-corrected chi connectivity index (χ3v) is 6.18. The highest BCUT2D eigenvalue weighted by Crippen LogP contribution is 2.40. The van der Waals surface area contributed by atoms with Crippen molar-refractivity contribution >= 4 is 23.5 Å². The Kier molecular flexibility index (Phi) is 5.21. The van der Waals surface area contributed by atoms with Crippen LogP contribution in [0, 0.1) is 19.8 Å². The fraction of sp³-hybridized carbons (Fsp3) is 0.400. The van der Waals surface area contributed by atoms with E-state index in [1.165, 1.54) is 24.6 Å². The number of aryl methyl sites for hydroxylation is 2. The molecular formula is C20H23N5O2S. The number of hydrogen-bond donors (Lipinski definition) is 1. The van der Waals surface area contributed by atoms with Crippen molar-refractivity contribution in [1.29, 1.82) is 0 Å². The first-order chi connectivity index (χ1) is 13.5. The Morgan fingerprint density at radius 1 is 1.36 bits per heavy atom. The van der Waals surface area contributed by atoms with Crippen molar-refractivity contribution in [1.82, 2.24) is 19.9 Å². The van der Waals surface area contributed by atoms with Crippen molar-refractivity contribution in [3.05, 3.63) is 53.2 Å². The molecule has 1 aliphatic rings. The number of pyridine rings is 1. The van der Waals surface area contributed by atoms with Gasteiger partial charge in [-0.25, -0.2) is 9.67 Å². The van der Waals surface area contributed by atoms with E-state index in [4.69, 9.17) is 4.52 Å². The van der Waals surface area contributed by atoms with Crippen molar-refractivity contribution in [2.45, 2.75) is 50.4 Å². The van der Waals surface area contributed by atoms with Gasteiger partial charge >= 0.3 is 0 Å². The molecule has 1 saturated carbocycles. The molecule has 146 valence electrons. The van der Waals surface area contributed by atoms with E-state index in [9.17, 15) is 4.79 Å². The quantitative estimate of drug-likeness (QED) is 0.595. The molecular weight excluding hydrogens is 374 g/mol. The van der Waals surface area contributed by atoms with Crippen LogP contribution >= 0.6 is 11.8 Å². The number of aromatic nitrogens is 4. The highest BCUT2D eigenvalue weighted by Gasteiger charge is 2.31. The van der Waals surface area contributed by atoms with Crippen molar-refractivity contribution in [2.24, 2.45) is 5.92 Å². The van der Waals surface area contributed by atoms with Crippen LogP contribution in [0.1, 0.15) is 53.2 Å². The molecule has 4 rings (SSSR count). The van der Waals surface area contributed by atoms with Crippen LogP contribution in [0.5, 0.6) is 0 Å². The highest BCUT2D eigenvalue weighted by molar-refractivity contribution is 7.98. The maximum absolute atomic E-state index is 13.0. The Bertz CT molecular complexity index is 973. The zero-order valence-corrected chi connectivity index (χ0v) is 17.0. The lowest BCUT2D eigenvalue weighted by molar-refractivity contribution is 0.102. The summed E-state index contributed by atoms with van der Waals surface area (Å²) in [6.45, 7) is 5.96. The fourth-order valence-electron chi connectivity index (χ4n) is 3.23. The maximum atomic E-state index is 13.0. The third-order valence-electron chi connectivity index (χ3n) is 5.15. The van der Waals surface area contributed by atoms with Gasteiger partial charge in [-0.2, -0.15) is 5.10 Å². The summed E-state index contributed by atoms with van der Waals surface area (Å²) in [6, 6.07) is 5.69. The van der Waals surface area contributed by atoms with Gasteiger partial charge in [-0.05, 0) is 51.7 Å². The van der Waals surface area contributed by atoms with Gasteiger partial charge in [-0.3, -0.25) is 4.79 Å². The number of anilines is 1. The van der Waals surface area contributed by atoms with E-state index in [0.29, 0.717) is 22.3 Å². The van der Waals surface area contributed by atoms with Gasteiger partial charge in [0.05, 0.1) is 23.5 Å². The number of amides is 1. The van der Waals surface area contributed by atoms with E-state index in [2.05, 4.69) is 27.5 Å². The molecule has 0 aliphatic heterocycles. The molecule has 3 heterocycles. The van der Waals surface area contributed by atoms with Gasteiger partial charge in [-0.15, -0.1) is 11.8 Å². The first kappa shape index (κ1) is 18.7. The number of nitrogens with one attached hydrogen (secondary N) is 1. The highest BCUT2D eigenvalue weighted by atomic mass is 32.2. The van der Waals surface area contributed by atoms with Gasteiger partial charge in [0.15, 0.2) is 0 Å². The normalized spacial score (nSPS) is 14.8. The van der Waals surface area contributed by atoms with Gasteiger partial charge in [-0.1, -0.05) is 5.16 Å². The molecule has 0 spiro atoms. The van der Waals surface area contributed by atoms with E-state index < -0.39 is 0 Å². The third kappa shape index (κ3) is 3.82. The zero-order valence-electron chi connectivity index (χ0n) is 16.2. The minimum absolute atomic E-state index is 0.181. The molecule has 0 aromatic carbocycles. The SMILES string of the molecule is Cc1noc(C)c1CSc1ncccc1C(=O)Nc1ccnn1[C@@H](C)C1CC1. The lowest BCUT2D eigenvalue weighted by Gasteiger charge is -2.16. The average Bonchev–Trinajstić information content (AvgIpc) is 3.37. The van der Waals surface area contributed by atoms with Gasteiger partial charge in [0.1, 0.15) is 16.6 Å². The summed E-state index contributed by atoms with van der Waals surface area (Å²) < 4.78 is 7.12. The molecule has 0 bridgehead atoms. The predicted octanol–water partition coefficient (Wildman–Crippen LogP) is 4.40. The van der Waals surface area contributed by atoms with E-state index in [0.717, 1.165) is 22.8 Å². The van der Waals surface area contributed by atoms with Crippen LogP contribution in [0.15, 0.2) is 40.1 Å². The monoisotopic (exact) mass is 397 g/mol. The largest absolute Gasteiger partial charge is 0.361 e. The number of thioether (sulfide) groups is 1. The number of carbonyl (C=O) groups is 1. The molecule has 1 atom stereocenters. The second-order valence-electron chi connectivity index (χ2n) is 7.14. The summed E-state index contributed by atoms with van der Waals surface area (Å²) in [7, 11) is 0. The minimum Gasteiger partial charge on any atom is -0.361 e. The summed E-state index contributed by atoms with van der Waals surface area (Å²) in [6.07, 6.45) is 5.87. The molecule has 7 nitrogen and oxygen atoms in total. The lowest BCUT2D eigenvalue weighted by atomic mass is 10.2. The second kappa shape index (κ2) is 7.79. The van der Waals surface area contributed by atoms with Crippen LogP contribution in [0.4, 0.5) is 5.82 Å². The lowest BCUT2D eigenvalue weighted by Crippen LogP contribution is -2.19. The molecule has 0 radical (unpaired) electrons. The Labute approximate surface area is 167 Å². The van der Waals surface area contributed by atoms with Gasteiger partial charge in [0, 0.05) is 23.6 Å². The zero-order chi connectivity index (χ0) is 19.7. The van der Waals surface area contributed by atoms with Crippen LogP contribution < -0.4 is 5.32 Å². The average molecular weight is 398 g/mol. The summed E-state index contributed by atoms with van der Waals surface area (Å²) in [5.41, 5.74) is 2.45. The summed E-state index contributed by atoms with van der Waals surface area (Å²) in [4.78, 5) is 17.4. The van der Waals surface area contributed by atoms with Crippen LogP contribution in [-0.2, 0) is 5.75 Å². The summed E-state index contributed by atoms with van der Waals surface area (Å²) in [5.74, 6) is 2.63. The number of nitrogens with zero attached hydrogens (tertiary/aromatic N) is 4. The smallest absolute Gasteiger partial charge is 0.259 e. The van der Waals surface area contributed by atoms with Gasteiger partial charge in [0.2, 0.25) is 0 Å². The van der Waals surface area contributed by atoms with Crippen molar-refractivity contribution < 1.29 is 9.32 Å². The maximum Gasteiger partial charge on any atom is 0.259 e. The Hall–Kier alpha value is -2.61. The van der Waals surface area contributed by atoms with Crippen molar-refractivity contribution in [3.8, 4) is 0 Å². The molecule has 3 aromatic rings. The molecule has 3 aromatic heterocycles. The Balaban J connectivity index is 1.50. The van der Waals surface area contributed by atoms with Crippen molar-refractivity contribution in [3.63, 3.8) is 0 Å². The summed E-state index contributed by atoms with van der Waals surface area (Å²) in [5, 5.41) is 12.1. The van der Waals surface area contributed by atoms with E-state index in [1.807, 2.05) is 24.6 Å². The number of carbonyl (C=O) groups excluding carboxylic acids is 1. The van der Waals surface area contributed by atoms with Gasteiger partial charge in [0.25, 0.3) is 5.91 Å². The van der Waals surface area contributed by atoms with Crippen LogP contribution in [-0.4, -0.2) is 25.8 Å². The molecule has 1 amide bonds. The fourth-order valence-corrected chi connectivity index (χ4v) is 4.37. The summed E-state index contributed by atoms with van der Waals surface area (Å²) >= 11 is 1.51. The molecule has 1 N–H and O–H groups in total. The predicted molar refractivity (Wildman–Crippen MR) is 107 cm³/mol. The standard InChI is InChI=1S/C20H23N5O2S/c1-12-17(14(3)27-24-12)11-28-20-16(5-4-9-21-20)19(26)23-18-8-10-22-25(18)13(2)15-6-7-15/h4-5,8-10,13,15H,6-7,11H2,1-3H3,(H,23,26)/t13-/m0/s1.